The van der Waals surface area contributed by atoms with Crippen molar-refractivity contribution in [2.45, 2.75) is 43.3 Å². The summed E-state index contributed by atoms with van der Waals surface area (Å²) in [6.45, 7) is 1.96. The van der Waals surface area contributed by atoms with Crippen LogP contribution in [0.3, 0.4) is 0 Å². The molecule has 1 N–H and O–H groups in total. The monoisotopic (exact) mass is 466 g/mol. The first kappa shape index (κ1) is 20.2. The third-order valence-electron chi connectivity index (χ3n) is 6.00. The van der Waals surface area contributed by atoms with Gasteiger partial charge in [0.05, 0.1) is 5.75 Å². The number of sulfone groups is 1. The van der Waals surface area contributed by atoms with E-state index in [2.05, 4.69) is 37.7 Å². The van der Waals surface area contributed by atoms with Gasteiger partial charge in [-0.2, -0.15) is 14.6 Å². The van der Waals surface area contributed by atoms with Crippen LogP contribution in [0.2, 0.25) is 0 Å². The van der Waals surface area contributed by atoms with Crippen molar-refractivity contribution in [3.63, 3.8) is 0 Å². The predicted molar refractivity (Wildman–Crippen MR) is 120 cm³/mol. The van der Waals surface area contributed by atoms with Crippen LogP contribution >= 0.6 is 0 Å². The zero-order valence-corrected chi connectivity index (χ0v) is 18.7. The minimum Gasteiger partial charge on any atom is -0.458 e. The van der Waals surface area contributed by atoms with Gasteiger partial charge >= 0.3 is 0 Å². The van der Waals surface area contributed by atoms with Gasteiger partial charge in [-0.05, 0) is 24.5 Å². The number of aromatic nitrogens is 5. The molecule has 11 heteroatoms. The lowest BCUT2D eigenvalue weighted by atomic mass is 10.1. The van der Waals surface area contributed by atoms with Gasteiger partial charge in [0, 0.05) is 18.4 Å². The number of benzene rings is 1. The highest BCUT2D eigenvalue weighted by Gasteiger charge is 2.39. The Hall–Kier alpha value is -3.47. The van der Waals surface area contributed by atoms with E-state index in [-0.39, 0.29) is 23.7 Å². The molecular formula is C22H22N6O4S. The summed E-state index contributed by atoms with van der Waals surface area (Å²) in [4.78, 5) is 8.78. The number of nitrogens with zero attached hydrogens (tertiary/aromatic N) is 5. The standard InChI is InChI=1S/C22H22N6O4S/c1-2-10-33(29,30)22-24-20(23-15-11-14(15)13-6-4-3-5-7-13)18-21(25-22)28(27-26-18)16-8-9-17-19(16)32-12-31-17/h3-8,14-15H,2,9-12H2,1H3,(H,23,24,25). The summed E-state index contributed by atoms with van der Waals surface area (Å²) in [6.07, 6.45) is 3.87. The molecule has 3 heterocycles. The lowest BCUT2D eigenvalue weighted by Crippen LogP contribution is -2.15. The van der Waals surface area contributed by atoms with Crippen LogP contribution in [0.5, 0.6) is 0 Å². The number of fused-ring (bicyclic) bond motifs is 1. The molecule has 0 radical (unpaired) electrons. The second-order valence-corrected chi connectivity index (χ2v) is 10.3. The molecule has 1 fully saturated rings. The minimum atomic E-state index is -3.66. The highest BCUT2D eigenvalue weighted by Crippen LogP contribution is 2.43. The molecule has 10 nitrogen and oxygen atoms in total. The fourth-order valence-corrected chi connectivity index (χ4v) is 5.47. The van der Waals surface area contributed by atoms with Gasteiger partial charge in [-0.3, -0.25) is 0 Å². The molecule has 0 spiro atoms. The second-order valence-electron chi connectivity index (χ2n) is 8.30. The van der Waals surface area contributed by atoms with Gasteiger partial charge in [0.2, 0.25) is 16.6 Å². The van der Waals surface area contributed by atoms with Gasteiger partial charge in [0.15, 0.2) is 22.7 Å². The zero-order chi connectivity index (χ0) is 22.6. The van der Waals surface area contributed by atoms with Crippen molar-refractivity contribution in [3.8, 4) is 0 Å². The lowest BCUT2D eigenvalue weighted by molar-refractivity contribution is 0.0722. The first-order chi connectivity index (χ1) is 16.0. The highest BCUT2D eigenvalue weighted by molar-refractivity contribution is 7.91. The fourth-order valence-electron chi connectivity index (χ4n) is 4.29. The minimum absolute atomic E-state index is 0.0372. The Labute approximate surface area is 190 Å². The SMILES string of the molecule is CCCS(=O)(=O)c1nc(NC2CC2c2ccccc2)c2nnn(C3=CCC4=C3OCO4)c2n1. The summed E-state index contributed by atoms with van der Waals surface area (Å²) in [7, 11) is -3.66. The Morgan fingerprint density at radius 2 is 2.03 bits per heavy atom. The van der Waals surface area contributed by atoms with E-state index in [1.165, 1.54) is 10.2 Å². The molecule has 1 aromatic carbocycles. The van der Waals surface area contributed by atoms with E-state index in [9.17, 15) is 8.42 Å². The van der Waals surface area contributed by atoms with Gasteiger partial charge in [0.1, 0.15) is 11.5 Å². The molecule has 0 saturated heterocycles. The molecule has 1 saturated carbocycles. The number of hydrogen-bond acceptors (Lipinski definition) is 9. The van der Waals surface area contributed by atoms with Crippen LogP contribution in [-0.4, -0.2) is 52.0 Å². The Balaban J connectivity index is 1.42. The molecule has 0 amide bonds. The van der Waals surface area contributed by atoms with Gasteiger partial charge in [-0.15, -0.1) is 5.10 Å². The molecule has 3 aliphatic rings. The topological polar surface area (TPSA) is 121 Å². The number of rotatable bonds is 7. The molecule has 6 rings (SSSR count). The molecule has 2 atom stereocenters. The van der Waals surface area contributed by atoms with Crippen molar-refractivity contribution >= 4 is 32.5 Å². The highest BCUT2D eigenvalue weighted by atomic mass is 32.2. The largest absolute Gasteiger partial charge is 0.458 e. The van der Waals surface area contributed by atoms with Crippen LogP contribution in [-0.2, 0) is 19.3 Å². The van der Waals surface area contributed by atoms with E-state index < -0.39 is 9.84 Å². The summed E-state index contributed by atoms with van der Waals surface area (Å²) in [5.41, 5.74) is 2.60. The van der Waals surface area contributed by atoms with Gasteiger partial charge in [-0.1, -0.05) is 42.5 Å². The van der Waals surface area contributed by atoms with Crippen LogP contribution in [0.15, 0.2) is 53.1 Å². The summed E-state index contributed by atoms with van der Waals surface area (Å²) >= 11 is 0. The number of hydrogen-bond donors (Lipinski definition) is 1. The van der Waals surface area contributed by atoms with Crippen LogP contribution < -0.4 is 5.32 Å². The second kappa shape index (κ2) is 7.55. The Bertz CT molecular complexity index is 1410. The van der Waals surface area contributed by atoms with E-state index in [1.54, 1.807) is 0 Å². The molecule has 170 valence electrons. The number of allylic oxidation sites excluding steroid dienone is 2. The summed E-state index contributed by atoms with van der Waals surface area (Å²) in [6, 6.07) is 10.3. The van der Waals surface area contributed by atoms with Crippen LogP contribution in [0.4, 0.5) is 5.82 Å². The van der Waals surface area contributed by atoms with Crippen molar-refractivity contribution < 1.29 is 17.9 Å². The molecule has 2 aliphatic carbocycles. The quantitative estimate of drug-likeness (QED) is 0.524. The first-order valence-electron chi connectivity index (χ1n) is 10.9. The maximum absolute atomic E-state index is 12.9. The maximum Gasteiger partial charge on any atom is 0.251 e. The number of anilines is 1. The van der Waals surface area contributed by atoms with Crippen molar-refractivity contribution in [1.82, 2.24) is 25.0 Å². The van der Waals surface area contributed by atoms with Gasteiger partial charge in [0.25, 0.3) is 5.16 Å². The molecule has 2 unspecified atom stereocenters. The van der Waals surface area contributed by atoms with Crippen molar-refractivity contribution in [3.05, 3.63) is 53.5 Å². The number of ether oxygens (including phenoxy) is 2. The summed E-state index contributed by atoms with van der Waals surface area (Å²) in [5, 5.41) is 11.7. The third kappa shape index (κ3) is 3.43. The molecule has 0 bridgehead atoms. The lowest BCUT2D eigenvalue weighted by Gasteiger charge is -2.10. The van der Waals surface area contributed by atoms with E-state index in [1.807, 2.05) is 31.2 Å². The van der Waals surface area contributed by atoms with Crippen LogP contribution in [0.25, 0.3) is 16.9 Å². The van der Waals surface area contributed by atoms with E-state index in [4.69, 9.17) is 9.47 Å². The normalized spacial score (nSPS) is 21.5. The van der Waals surface area contributed by atoms with Crippen LogP contribution in [0.1, 0.15) is 37.7 Å². The van der Waals surface area contributed by atoms with E-state index in [0.29, 0.717) is 47.2 Å². The van der Waals surface area contributed by atoms with E-state index in [0.717, 1.165) is 12.2 Å². The molecule has 1 aliphatic heterocycles. The number of nitrogens with one attached hydrogen (secondary N) is 1. The maximum atomic E-state index is 12.9. The third-order valence-corrected chi connectivity index (χ3v) is 7.69. The van der Waals surface area contributed by atoms with Gasteiger partial charge < -0.3 is 14.8 Å². The van der Waals surface area contributed by atoms with Crippen LogP contribution in [0, 0.1) is 0 Å². The smallest absolute Gasteiger partial charge is 0.251 e. The first-order valence-corrected chi connectivity index (χ1v) is 12.6. The van der Waals surface area contributed by atoms with Crippen molar-refractivity contribution in [1.29, 1.82) is 0 Å². The molecule has 2 aromatic heterocycles. The average molecular weight is 467 g/mol. The molecular weight excluding hydrogens is 444 g/mol. The Morgan fingerprint density at radius 1 is 1.18 bits per heavy atom. The predicted octanol–water partition coefficient (Wildman–Crippen LogP) is 2.83. The van der Waals surface area contributed by atoms with E-state index >= 15 is 0 Å². The Morgan fingerprint density at radius 3 is 2.85 bits per heavy atom. The summed E-state index contributed by atoms with van der Waals surface area (Å²) in [5.74, 6) is 1.98. The van der Waals surface area contributed by atoms with Crippen molar-refractivity contribution in [2.24, 2.45) is 0 Å². The fraction of sp³-hybridized carbons (Fsp3) is 0.364. The molecule has 3 aromatic rings. The zero-order valence-electron chi connectivity index (χ0n) is 17.9. The molecule has 33 heavy (non-hydrogen) atoms. The Kier molecular flexibility index (Phi) is 4.61. The van der Waals surface area contributed by atoms with Gasteiger partial charge in [-0.25, -0.2) is 8.42 Å². The van der Waals surface area contributed by atoms with Crippen molar-refractivity contribution in [2.75, 3.05) is 17.9 Å². The average Bonchev–Trinajstić information content (AvgIpc) is 3.13. The summed E-state index contributed by atoms with van der Waals surface area (Å²) < 4.78 is 38.3.